The van der Waals surface area contributed by atoms with E-state index in [0.29, 0.717) is 32.4 Å². The molecule has 3 fully saturated rings. The van der Waals surface area contributed by atoms with Gasteiger partial charge in [0, 0.05) is 46.7 Å². The molecule has 0 bridgehead atoms. The molecule has 2 saturated heterocycles. The average Bonchev–Trinajstić information content (AvgIpc) is 3.63. The van der Waals surface area contributed by atoms with Crippen LogP contribution in [0.1, 0.15) is 108 Å². The normalized spacial score (nSPS) is 18.7. The Morgan fingerprint density at radius 1 is 0.761 bits per heavy atom. The van der Waals surface area contributed by atoms with Crippen LogP contribution in [0.4, 0.5) is 4.79 Å². The first-order valence-corrected chi connectivity index (χ1v) is 24.1. The fourth-order valence-electron chi connectivity index (χ4n) is 10.1. The van der Waals surface area contributed by atoms with Crippen LogP contribution in [0.5, 0.6) is 0 Å². The van der Waals surface area contributed by atoms with Crippen LogP contribution in [0.15, 0.2) is 48.5 Å². The topological polar surface area (TPSA) is 206 Å². The van der Waals surface area contributed by atoms with Gasteiger partial charge in [-0.05, 0) is 66.2 Å². The summed E-state index contributed by atoms with van der Waals surface area (Å²) in [6.45, 7) is 4.23. The first-order valence-electron chi connectivity index (χ1n) is 24.1. The molecule has 4 aliphatic rings. The van der Waals surface area contributed by atoms with Gasteiger partial charge in [-0.1, -0.05) is 101 Å². The summed E-state index contributed by atoms with van der Waals surface area (Å²) in [6, 6.07) is 11.9. The van der Waals surface area contributed by atoms with Crippen molar-refractivity contribution >= 4 is 47.5 Å². The third-order valence-electron chi connectivity index (χ3n) is 14.3. The van der Waals surface area contributed by atoms with Crippen molar-refractivity contribution in [3.05, 3.63) is 59.7 Å². The van der Waals surface area contributed by atoms with Crippen LogP contribution in [0.3, 0.4) is 0 Å². The minimum absolute atomic E-state index is 0.0727. The lowest BCUT2D eigenvalue weighted by molar-refractivity contribution is -0.158. The maximum absolute atomic E-state index is 14.3. The quantitative estimate of drug-likeness (QED) is 0.183. The van der Waals surface area contributed by atoms with Crippen molar-refractivity contribution in [2.24, 2.45) is 11.8 Å². The Morgan fingerprint density at radius 3 is 1.94 bits per heavy atom. The predicted octanol–water partition coefficient (Wildman–Crippen LogP) is 4.23. The van der Waals surface area contributed by atoms with Gasteiger partial charge in [0.15, 0.2) is 0 Å². The number of likely N-dealkylation sites (N-methyl/N-ethyl adjacent to an activating group) is 3. The van der Waals surface area contributed by atoms with Gasteiger partial charge in [0.25, 0.3) is 0 Å². The molecule has 0 unspecified atom stereocenters. The highest BCUT2D eigenvalue weighted by atomic mass is 16.5. The van der Waals surface area contributed by atoms with Gasteiger partial charge in [-0.2, -0.15) is 0 Å². The number of aliphatic carboxylic acids is 1. The minimum atomic E-state index is -1.29. The van der Waals surface area contributed by atoms with Gasteiger partial charge in [0.05, 0.1) is 19.5 Å². The van der Waals surface area contributed by atoms with E-state index in [0.717, 1.165) is 73.6 Å². The molecular formula is C50H69N7O10. The molecule has 2 aromatic carbocycles. The van der Waals surface area contributed by atoms with Gasteiger partial charge in [0.2, 0.25) is 35.4 Å². The van der Waals surface area contributed by atoms with Crippen molar-refractivity contribution in [2.45, 2.75) is 121 Å². The Kier molecular flexibility index (Phi) is 17.4. The summed E-state index contributed by atoms with van der Waals surface area (Å²) in [7, 11) is 4.45. The monoisotopic (exact) mass is 928 g/mol. The van der Waals surface area contributed by atoms with E-state index in [1.165, 1.54) is 40.7 Å². The second kappa shape index (κ2) is 23.1. The first kappa shape index (κ1) is 50.4. The number of hydrogen-bond donors (Lipinski definition) is 3. The number of fused-ring (bicyclic) bond motifs is 3. The molecule has 1 saturated carbocycles. The fraction of sp³-hybridized carbons (Fsp3) is 0.600. The number of alkyl carbamates (subject to hydrolysis) is 1. The SMILES string of the molecule is CC[C@H](C)[C@H](NC(=O)OCC1c2ccccc2-c2ccccc21)C(=O)N(C)CC(=O)N1CC[C@H]1C(=O)N(C)[C@@H](CC1CCCCC1)C(=O)N(C)CC(=O)N[C@@H](CC(=O)O)C(=O)N1CCCCC1. The maximum atomic E-state index is 14.3. The first-order chi connectivity index (χ1) is 32.1. The number of nitrogens with one attached hydrogen (secondary N) is 2. The Hall–Kier alpha value is -6.00. The molecule has 6 rings (SSSR count). The number of ether oxygens (including phenoxy) is 1. The number of hydrogen-bond acceptors (Lipinski definition) is 9. The van der Waals surface area contributed by atoms with Gasteiger partial charge in [-0.15, -0.1) is 0 Å². The third kappa shape index (κ3) is 12.3. The summed E-state index contributed by atoms with van der Waals surface area (Å²) in [5.74, 6) is -4.59. The Bertz CT molecular complexity index is 2090. The Labute approximate surface area is 393 Å². The molecule has 0 aromatic heterocycles. The highest BCUT2D eigenvalue weighted by Gasteiger charge is 2.44. The zero-order chi connectivity index (χ0) is 48.4. The molecule has 2 aliphatic heterocycles. The average molecular weight is 928 g/mol. The predicted molar refractivity (Wildman–Crippen MR) is 249 cm³/mol. The van der Waals surface area contributed by atoms with Gasteiger partial charge < -0.3 is 45.0 Å². The van der Waals surface area contributed by atoms with Crippen molar-refractivity contribution in [3.8, 4) is 11.1 Å². The molecule has 17 heteroatoms. The number of nitrogens with zero attached hydrogens (tertiary/aromatic N) is 5. The Balaban J connectivity index is 1.06. The molecule has 7 amide bonds. The minimum Gasteiger partial charge on any atom is -0.481 e. The summed E-state index contributed by atoms with van der Waals surface area (Å²) < 4.78 is 5.76. The molecule has 2 aliphatic carbocycles. The fourth-order valence-corrected chi connectivity index (χ4v) is 10.1. The van der Waals surface area contributed by atoms with Crippen LogP contribution >= 0.6 is 0 Å². The van der Waals surface area contributed by atoms with E-state index in [1.807, 2.05) is 62.4 Å². The lowest BCUT2D eigenvalue weighted by Crippen LogP contribution is -2.63. The number of rotatable bonds is 19. The van der Waals surface area contributed by atoms with E-state index in [4.69, 9.17) is 4.74 Å². The summed E-state index contributed by atoms with van der Waals surface area (Å²) in [5, 5.41) is 14.8. The van der Waals surface area contributed by atoms with Crippen LogP contribution in [0.2, 0.25) is 0 Å². The molecule has 2 aromatic rings. The molecular weight excluding hydrogens is 859 g/mol. The molecule has 5 atom stereocenters. The van der Waals surface area contributed by atoms with Gasteiger partial charge in [0.1, 0.15) is 30.8 Å². The van der Waals surface area contributed by atoms with Crippen molar-refractivity contribution in [3.63, 3.8) is 0 Å². The van der Waals surface area contributed by atoms with E-state index in [9.17, 15) is 43.5 Å². The number of amides is 7. The zero-order valence-electron chi connectivity index (χ0n) is 39.7. The van der Waals surface area contributed by atoms with E-state index >= 15 is 0 Å². The van der Waals surface area contributed by atoms with Crippen molar-refractivity contribution in [1.82, 2.24) is 35.1 Å². The van der Waals surface area contributed by atoms with Crippen LogP contribution in [-0.4, -0.2) is 162 Å². The third-order valence-corrected chi connectivity index (χ3v) is 14.3. The maximum Gasteiger partial charge on any atom is 0.407 e. The number of carbonyl (C=O) groups excluding carboxylic acids is 7. The second-order valence-electron chi connectivity index (χ2n) is 18.9. The van der Waals surface area contributed by atoms with Crippen LogP contribution < -0.4 is 10.6 Å². The van der Waals surface area contributed by atoms with Gasteiger partial charge in [-0.25, -0.2) is 4.79 Å². The van der Waals surface area contributed by atoms with Crippen LogP contribution in [0, 0.1) is 11.8 Å². The highest BCUT2D eigenvalue weighted by molar-refractivity contribution is 5.96. The molecule has 0 radical (unpaired) electrons. The lowest BCUT2D eigenvalue weighted by Gasteiger charge is -2.44. The standard InChI is InChI=1S/C50H69N7O10/c1-6-32(2)45(52-50(66)67-31-38-36-21-13-11-19-34(36)35-20-12-14-22-37(35)38)49(65)54(4)30-43(59)57-26-23-40(57)48(64)55(5)41(27-33-17-9-7-10-18-33)47(63)53(3)29-42(58)51-39(28-44(60)61)46(62)56-24-15-8-16-25-56/h11-14,19-22,32-33,38-41,45H,6-10,15-18,23-31H2,1-5H3,(H,51,58)(H,52,66)(H,60,61)/t32-,39-,40-,41-,45-/m0/s1. The van der Waals surface area contributed by atoms with Gasteiger partial charge >= 0.3 is 12.1 Å². The zero-order valence-corrected chi connectivity index (χ0v) is 39.7. The smallest absolute Gasteiger partial charge is 0.407 e. The Morgan fingerprint density at radius 2 is 1.36 bits per heavy atom. The molecule has 0 spiro atoms. The number of carboxylic acids is 1. The number of likely N-dealkylation sites (tertiary alicyclic amines) is 2. The summed E-state index contributed by atoms with van der Waals surface area (Å²) in [5.41, 5.74) is 4.30. The summed E-state index contributed by atoms with van der Waals surface area (Å²) >= 11 is 0. The van der Waals surface area contributed by atoms with E-state index in [2.05, 4.69) is 10.6 Å². The number of piperidine rings is 1. The largest absolute Gasteiger partial charge is 0.481 e. The molecule has 364 valence electrons. The molecule has 3 N–H and O–H groups in total. The van der Waals surface area contributed by atoms with Crippen LogP contribution in [0.25, 0.3) is 11.1 Å². The van der Waals surface area contributed by atoms with Crippen LogP contribution in [-0.2, 0) is 38.3 Å². The van der Waals surface area contributed by atoms with Gasteiger partial charge in [-0.3, -0.25) is 33.6 Å². The second-order valence-corrected chi connectivity index (χ2v) is 18.9. The molecule has 67 heavy (non-hydrogen) atoms. The number of benzene rings is 2. The van der Waals surface area contributed by atoms with E-state index in [-0.39, 0.29) is 37.5 Å². The number of carbonyl (C=O) groups is 8. The van der Waals surface area contributed by atoms with E-state index < -0.39 is 84.6 Å². The van der Waals surface area contributed by atoms with Crippen molar-refractivity contribution in [1.29, 1.82) is 0 Å². The summed E-state index contributed by atoms with van der Waals surface area (Å²) in [4.78, 5) is 115. The lowest BCUT2D eigenvalue weighted by atomic mass is 9.84. The van der Waals surface area contributed by atoms with Crippen molar-refractivity contribution < 1.29 is 48.2 Å². The summed E-state index contributed by atoms with van der Waals surface area (Å²) in [6.07, 6.45) is 7.30. The highest BCUT2D eigenvalue weighted by Crippen LogP contribution is 2.44. The van der Waals surface area contributed by atoms with Crippen molar-refractivity contribution in [2.75, 3.05) is 60.5 Å². The number of carboxylic acid groups (broad SMARTS) is 1. The van der Waals surface area contributed by atoms with E-state index in [1.54, 1.807) is 4.90 Å². The molecule has 2 heterocycles. The molecule has 17 nitrogen and oxygen atoms in total.